The average Bonchev–Trinajstić information content (AvgIpc) is 2.48. The summed E-state index contributed by atoms with van der Waals surface area (Å²) >= 11 is 0. The summed E-state index contributed by atoms with van der Waals surface area (Å²) in [6.07, 6.45) is -6.29. The second kappa shape index (κ2) is 3.95. The summed E-state index contributed by atoms with van der Waals surface area (Å²) < 4.78 is 39.9. The standard InChI is InChI=1S/C7H9F3N2O2/c1-2-4(13)6-11-5(14-12-6)3-7(8,9)10/h4,13H,2-3H2,1H3. The Labute approximate surface area is 77.7 Å². The van der Waals surface area contributed by atoms with Gasteiger partial charge in [-0.1, -0.05) is 12.1 Å². The summed E-state index contributed by atoms with van der Waals surface area (Å²) in [4.78, 5) is 3.42. The minimum absolute atomic E-state index is 0.105. The summed E-state index contributed by atoms with van der Waals surface area (Å²) in [5.41, 5.74) is 0. The highest BCUT2D eigenvalue weighted by Gasteiger charge is 2.31. The van der Waals surface area contributed by atoms with Crippen LogP contribution in [0.15, 0.2) is 4.52 Å². The molecule has 4 nitrogen and oxygen atoms in total. The first-order valence-corrected chi connectivity index (χ1v) is 3.99. The van der Waals surface area contributed by atoms with E-state index in [-0.39, 0.29) is 5.82 Å². The maximum absolute atomic E-state index is 11.8. The van der Waals surface area contributed by atoms with E-state index in [1.165, 1.54) is 0 Å². The summed E-state index contributed by atoms with van der Waals surface area (Å²) in [7, 11) is 0. The molecule has 0 fully saturated rings. The van der Waals surface area contributed by atoms with E-state index in [0.29, 0.717) is 6.42 Å². The molecule has 80 valence electrons. The van der Waals surface area contributed by atoms with Crippen LogP contribution in [-0.4, -0.2) is 21.4 Å². The lowest BCUT2D eigenvalue weighted by molar-refractivity contribution is -0.131. The highest BCUT2D eigenvalue weighted by atomic mass is 19.4. The first-order chi connectivity index (χ1) is 6.42. The van der Waals surface area contributed by atoms with Crippen molar-refractivity contribution in [3.63, 3.8) is 0 Å². The van der Waals surface area contributed by atoms with Crippen LogP contribution in [0.25, 0.3) is 0 Å². The van der Waals surface area contributed by atoms with Gasteiger partial charge in [0.2, 0.25) is 5.89 Å². The van der Waals surface area contributed by atoms with E-state index < -0.39 is 24.6 Å². The van der Waals surface area contributed by atoms with Crippen LogP contribution < -0.4 is 0 Å². The molecule has 0 saturated heterocycles. The minimum Gasteiger partial charge on any atom is -0.385 e. The molecule has 1 rings (SSSR count). The molecular weight excluding hydrogens is 201 g/mol. The van der Waals surface area contributed by atoms with Crippen molar-refractivity contribution in [2.45, 2.75) is 32.0 Å². The molecule has 0 saturated carbocycles. The molecule has 0 radical (unpaired) electrons. The molecule has 1 atom stereocenters. The Hall–Kier alpha value is -1.11. The monoisotopic (exact) mass is 210 g/mol. The van der Waals surface area contributed by atoms with Crippen LogP contribution in [0.1, 0.15) is 31.2 Å². The van der Waals surface area contributed by atoms with Gasteiger partial charge in [0.1, 0.15) is 12.5 Å². The molecule has 0 bridgehead atoms. The predicted octanol–water partition coefficient (Wildman–Crippen LogP) is 1.62. The van der Waals surface area contributed by atoms with Gasteiger partial charge in [-0.2, -0.15) is 18.2 Å². The van der Waals surface area contributed by atoms with Gasteiger partial charge in [-0.25, -0.2) is 0 Å². The quantitative estimate of drug-likeness (QED) is 0.823. The van der Waals surface area contributed by atoms with Crippen LogP contribution in [0.4, 0.5) is 13.2 Å². The maximum atomic E-state index is 11.8. The fourth-order valence-corrected chi connectivity index (χ4v) is 0.829. The van der Waals surface area contributed by atoms with Gasteiger partial charge in [0.25, 0.3) is 0 Å². The highest BCUT2D eigenvalue weighted by Crippen LogP contribution is 2.21. The summed E-state index contributed by atoms with van der Waals surface area (Å²) in [5, 5.41) is 12.4. The molecule has 0 aliphatic carbocycles. The minimum atomic E-state index is -4.37. The molecule has 0 spiro atoms. The van der Waals surface area contributed by atoms with Crippen molar-refractivity contribution in [2.24, 2.45) is 0 Å². The van der Waals surface area contributed by atoms with Gasteiger partial charge in [0, 0.05) is 0 Å². The molecule has 1 N–H and O–H groups in total. The number of aliphatic hydroxyl groups is 1. The summed E-state index contributed by atoms with van der Waals surface area (Å²) in [6.45, 7) is 1.66. The van der Waals surface area contributed by atoms with Gasteiger partial charge in [-0.15, -0.1) is 0 Å². The van der Waals surface area contributed by atoms with E-state index in [4.69, 9.17) is 0 Å². The lowest BCUT2D eigenvalue weighted by atomic mass is 10.3. The number of alkyl halides is 3. The first kappa shape index (κ1) is 11.0. The smallest absolute Gasteiger partial charge is 0.385 e. The van der Waals surface area contributed by atoms with Gasteiger partial charge in [-0.3, -0.25) is 0 Å². The number of nitrogens with zero attached hydrogens (tertiary/aromatic N) is 2. The number of aliphatic hydroxyl groups excluding tert-OH is 1. The Bertz CT molecular complexity index is 297. The number of hydrogen-bond donors (Lipinski definition) is 1. The number of rotatable bonds is 3. The lowest BCUT2D eigenvalue weighted by Crippen LogP contribution is -2.11. The SMILES string of the molecule is CCC(O)c1noc(CC(F)(F)F)n1. The Morgan fingerprint density at radius 1 is 1.50 bits per heavy atom. The zero-order chi connectivity index (χ0) is 10.8. The molecule has 1 aromatic rings. The second-order valence-electron chi connectivity index (χ2n) is 2.76. The zero-order valence-corrected chi connectivity index (χ0v) is 7.38. The van der Waals surface area contributed by atoms with Crippen molar-refractivity contribution < 1.29 is 22.8 Å². The van der Waals surface area contributed by atoms with Gasteiger partial charge in [-0.05, 0) is 6.42 Å². The summed E-state index contributed by atoms with van der Waals surface area (Å²) in [6, 6.07) is 0. The van der Waals surface area contributed by atoms with Crippen LogP contribution >= 0.6 is 0 Å². The molecule has 1 aromatic heterocycles. The van der Waals surface area contributed by atoms with Crippen molar-refractivity contribution in [1.29, 1.82) is 0 Å². The van der Waals surface area contributed by atoms with Crippen LogP contribution in [0.3, 0.4) is 0 Å². The second-order valence-corrected chi connectivity index (χ2v) is 2.76. The van der Waals surface area contributed by atoms with E-state index in [1.807, 2.05) is 0 Å². The Kier molecular flexibility index (Phi) is 3.10. The van der Waals surface area contributed by atoms with Gasteiger partial charge in [0.15, 0.2) is 5.82 Å². The van der Waals surface area contributed by atoms with E-state index in [1.54, 1.807) is 6.92 Å². The van der Waals surface area contributed by atoms with Crippen LogP contribution in [0.5, 0.6) is 0 Å². The number of aromatic nitrogens is 2. The van der Waals surface area contributed by atoms with Gasteiger partial charge >= 0.3 is 6.18 Å². The normalized spacial score (nSPS) is 14.4. The molecule has 0 aliphatic rings. The van der Waals surface area contributed by atoms with Gasteiger partial charge < -0.3 is 9.63 Å². The number of halogens is 3. The van der Waals surface area contributed by atoms with E-state index in [2.05, 4.69) is 14.7 Å². The lowest BCUT2D eigenvalue weighted by Gasteiger charge is -2.00. The van der Waals surface area contributed by atoms with E-state index in [9.17, 15) is 18.3 Å². The van der Waals surface area contributed by atoms with Crippen molar-refractivity contribution in [1.82, 2.24) is 10.1 Å². The average molecular weight is 210 g/mol. The van der Waals surface area contributed by atoms with Crippen molar-refractivity contribution in [2.75, 3.05) is 0 Å². The predicted molar refractivity (Wildman–Crippen MR) is 39.3 cm³/mol. The molecule has 7 heteroatoms. The highest BCUT2D eigenvalue weighted by molar-refractivity contribution is 4.91. The Morgan fingerprint density at radius 3 is 2.64 bits per heavy atom. The number of hydrogen-bond acceptors (Lipinski definition) is 4. The third-order valence-electron chi connectivity index (χ3n) is 1.52. The topological polar surface area (TPSA) is 59.2 Å². The summed E-state index contributed by atoms with van der Waals surface area (Å²) in [5.74, 6) is -0.633. The van der Waals surface area contributed by atoms with E-state index >= 15 is 0 Å². The molecule has 1 heterocycles. The molecule has 1 unspecified atom stereocenters. The zero-order valence-electron chi connectivity index (χ0n) is 7.38. The Balaban J connectivity index is 2.69. The van der Waals surface area contributed by atoms with E-state index in [0.717, 1.165) is 0 Å². The van der Waals surface area contributed by atoms with Crippen LogP contribution in [0.2, 0.25) is 0 Å². The van der Waals surface area contributed by atoms with Gasteiger partial charge in [0.05, 0.1) is 0 Å². The van der Waals surface area contributed by atoms with Crippen LogP contribution in [-0.2, 0) is 6.42 Å². The third-order valence-corrected chi connectivity index (χ3v) is 1.52. The molecule has 14 heavy (non-hydrogen) atoms. The molecule has 0 amide bonds. The Morgan fingerprint density at radius 2 is 2.14 bits per heavy atom. The van der Waals surface area contributed by atoms with Crippen molar-refractivity contribution in [3.8, 4) is 0 Å². The maximum Gasteiger partial charge on any atom is 0.397 e. The fraction of sp³-hybridized carbons (Fsp3) is 0.714. The van der Waals surface area contributed by atoms with Crippen molar-refractivity contribution >= 4 is 0 Å². The fourth-order valence-electron chi connectivity index (χ4n) is 0.829. The molecule has 0 aliphatic heterocycles. The largest absolute Gasteiger partial charge is 0.397 e. The molecule has 0 aromatic carbocycles. The third kappa shape index (κ3) is 2.99. The van der Waals surface area contributed by atoms with Crippen LogP contribution in [0, 0.1) is 0 Å². The first-order valence-electron chi connectivity index (χ1n) is 3.99. The van der Waals surface area contributed by atoms with Crippen molar-refractivity contribution in [3.05, 3.63) is 11.7 Å². The molecular formula is C7H9F3N2O2.